The molecule has 2 atom stereocenters. The van der Waals surface area contributed by atoms with Crippen LogP contribution in [0.3, 0.4) is 0 Å². The molecule has 1 nitrogen and oxygen atoms in total. The second-order valence-corrected chi connectivity index (χ2v) is 6.62. The average Bonchev–Trinajstić information content (AvgIpc) is 2.33. The van der Waals surface area contributed by atoms with E-state index in [1.807, 2.05) is 0 Å². The minimum Gasteiger partial charge on any atom is -0.489 e. The van der Waals surface area contributed by atoms with Gasteiger partial charge in [-0.3, -0.25) is 0 Å². The molecule has 100 valence electrons. The van der Waals surface area contributed by atoms with Crippen molar-refractivity contribution in [2.75, 3.05) is 0 Å². The largest absolute Gasteiger partial charge is 0.489 e. The lowest BCUT2D eigenvalue weighted by Crippen LogP contribution is -2.56. The molecule has 0 heterocycles. The van der Waals surface area contributed by atoms with E-state index in [9.17, 15) is 0 Å². The van der Waals surface area contributed by atoms with Crippen LogP contribution in [0.4, 0.5) is 0 Å². The van der Waals surface area contributed by atoms with E-state index in [0.717, 1.165) is 12.2 Å². The van der Waals surface area contributed by atoms with Gasteiger partial charge in [-0.05, 0) is 44.7 Å². The molecule has 2 rings (SSSR count). The minimum absolute atomic E-state index is 0.317. The van der Waals surface area contributed by atoms with Crippen molar-refractivity contribution in [2.24, 2.45) is 5.41 Å². The number of hydrogen-bond donors (Lipinski definition) is 0. The van der Waals surface area contributed by atoms with Crippen LogP contribution in [0, 0.1) is 19.3 Å². The molecule has 1 fully saturated rings. The van der Waals surface area contributed by atoms with Gasteiger partial charge in [0.25, 0.3) is 0 Å². The van der Waals surface area contributed by atoms with Crippen LogP contribution in [0.25, 0.3) is 0 Å². The Balaban J connectivity index is 2.15. The van der Waals surface area contributed by atoms with E-state index in [0.29, 0.717) is 16.3 Å². The zero-order chi connectivity index (χ0) is 13.3. The van der Waals surface area contributed by atoms with Crippen molar-refractivity contribution in [3.05, 3.63) is 29.3 Å². The molecule has 0 bridgehead atoms. The predicted molar refractivity (Wildman–Crippen MR) is 80.7 cm³/mol. The first-order valence-corrected chi connectivity index (χ1v) is 7.83. The minimum atomic E-state index is 0.317. The second kappa shape index (κ2) is 5.24. The third kappa shape index (κ3) is 2.20. The van der Waals surface area contributed by atoms with Gasteiger partial charge in [0.1, 0.15) is 11.9 Å². The van der Waals surface area contributed by atoms with Crippen molar-refractivity contribution in [1.29, 1.82) is 0 Å². The van der Waals surface area contributed by atoms with Crippen LogP contribution in [-0.2, 0) is 0 Å². The first kappa shape index (κ1) is 13.9. The van der Waals surface area contributed by atoms with Gasteiger partial charge in [-0.2, -0.15) is 0 Å². The van der Waals surface area contributed by atoms with Crippen molar-refractivity contribution >= 4 is 15.9 Å². The zero-order valence-corrected chi connectivity index (χ0v) is 13.4. The summed E-state index contributed by atoms with van der Waals surface area (Å²) in [6.07, 6.45) is 3.83. The molecule has 0 N–H and O–H groups in total. The van der Waals surface area contributed by atoms with Crippen LogP contribution in [0.1, 0.15) is 44.2 Å². The van der Waals surface area contributed by atoms with Gasteiger partial charge in [0.05, 0.1) is 0 Å². The van der Waals surface area contributed by atoms with E-state index in [1.54, 1.807) is 0 Å². The number of ether oxygens (including phenoxy) is 1. The maximum atomic E-state index is 6.27. The maximum absolute atomic E-state index is 6.27. The number of hydrogen-bond acceptors (Lipinski definition) is 1. The van der Waals surface area contributed by atoms with Crippen molar-refractivity contribution in [3.63, 3.8) is 0 Å². The summed E-state index contributed by atoms with van der Waals surface area (Å²) in [5.74, 6) is 1.05. The summed E-state index contributed by atoms with van der Waals surface area (Å²) < 4.78 is 6.27. The van der Waals surface area contributed by atoms with Gasteiger partial charge in [-0.25, -0.2) is 0 Å². The third-order valence-corrected chi connectivity index (χ3v) is 5.89. The van der Waals surface area contributed by atoms with Crippen molar-refractivity contribution < 1.29 is 4.74 Å². The van der Waals surface area contributed by atoms with E-state index >= 15 is 0 Å². The first-order chi connectivity index (χ1) is 8.53. The van der Waals surface area contributed by atoms with Crippen LogP contribution in [-0.4, -0.2) is 10.9 Å². The Morgan fingerprint density at radius 1 is 1.28 bits per heavy atom. The van der Waals surface area contributed by atoms with Crippen LogP contribution in [0.5, 0.6) is 5.75 Å². The quantitative estimate of drug-likeness (QED) is 0.709. The van der Waals surface area contributed by atoms with Crippen LogP contribution < -0.4 is 4.74 Å². The average molecular weight is 311 g/mol. The van der Waals surface area contributed by atoms with Gasteiger partial charge in [-0.1, -0.05) is 47.5 Å². The van der Waals surface area contributed by atoms with E-state index in [4.69, 9.17) is 4.74 Å². The maximum Gasteiger partial charge on any atom is 0.122 e. The van der Waals surface area contributed by atoms with Gasteiger partial charge in [0.15, 0.2) is 0 Å². The summed E-state index contributed by atoms with van der Waals surface area (Å²) in [6, 6.07) is 6.44. The lowest BCUT2D eigenvalue weighted by molar-refractivity contribution is -0.0414. The van der Waals surface area contributed by atoms with E-state index in [2.05, 4.69) is 61.8 Å². The Bertz CT molecular complexity index is 423. The van der Waals surface area contributed by atoms with Crippen molar-refractivity contribution in [2.45, 2.75) is 57.9 Å². The smallest absolute Gasteiger partial charge is 0.122 e. The second-order valence-electron chi connectivity index (χ2n) is 5.52. The van der Waals surface area contributed by atoms with Crippen LogP contribution in [0.15, 0.2) is 18.2 Å². The lowest BCUT2D eigenvalue weighted by atomic mass is 9.62. The normalized spacial score (nSPS) is 25.6. The Labute approximate surface area is 119 Å². The lowest BCUT2D eigenvalue weighted by Gasteiger charge is -2.52. The molecule has 18 heavy (non-hydrogen) atoms. The number of benzene rings is 1. The standard InChI is InChI=1S/C16H23BrO/c1-5-16(6-2)14(17)10-15(16)18-13-8-7-11(3)9-12(13)4/h7-9,14-15H,5-6,10H2,1-4H3. The molecule has 1 saturated carbocycles. The van der Waals surface area contributed by atoms with E-state index in [-0.39, 0.29) is 0 Å². The highest BCUT2D eigenvalue weighted by Gasteiger charge is 2.53. The number of halogens is 1. The summed E-state index contributed by atoms with van der Waals surface area (Å²) in [4.78, 5) is 0.607. The van der Waals surface area contributed by atoms with Gasteiger partial charge < -0.3 is 4.74 Å². The summed E-state index contributed by atoms with van der Waals surface area (Å²) in [5.41, 5.74) is 2.86. The fraction of sp³-hybridized carbons (Fsp3) is 0.625. The summed E-state index contributed by atoms with van der Waals surface area (Å²) >= 11 is 3.81. The van der Waals surface area contributed by atoms with Crippen LogP contribution >= 0.6 is 15.9 Å². The summed E-state index contributed by atoms with van der Waals surface area (Å²) in [7, 11) is 0. The SMILES string of the molecule is CCC1(CC)C(Br)CC1Oc1ccc(C)cc1C. The molecule has 0 radical (unpaired) electrons. The summed E-state index contributed by atoms with van der Waals surface area (Å²) in [6.45, 7) is 8.80. The molecule has 1 aliphatic carbocycles. The Hall–Kier alpha value is -0.500. The molecule has 0 saturated heterocycles. The molecule has 2 unspecified atom stereocenters. The van der Waals surface area contributed by atoms with Gasteiger partial charge in [0.2, 0.25) is 0 Å². The first-order valence-electron chi connectivity index (χ1n) is 6.91. The highest BCUT2D eigenvalue weighted by molar-refractivity contribution is 9.09. The zero-order valence-electron chi connectivity index (χ0n) is 11.8. The molecule has 1 aromatic rings. The Morgan fingerprint density at radius 3 is 2.44 bits per heavy atom. The van der Waals surface area contributed by atoms with E-state index in [1.165, 1.54) is 24.0 Å². The molecule has 1 aromatic carbocycles. The Morgan fingerprint density at radius 2 is 1.94 bits per heavy atom. The van der Waals surface area contributed by atoms with Gasteiger partial charge in [0, 0.05) is 10.2 Å². The molecule has 0 aliphatic heterocycles. The topological polar surface area (TPSA) is 9.23 Å². The summed E-state index contributed by atoms with van der Waals surface area (Å²) in [5, 5.41) is 0. The van der Waals surface area contributed by atoms with Crippen molar-refractivity contribution in [1.82, 2.24) is 0 Å². The molecule has 0 spiro atoms. The molecular weight excluding hydrogens is 288 g/mol. The molecule has 2 heteroatoms. The van der Waals surface area contributed by atoms with Gasteiger partial charge >= 0.3 is 0 Å². The number of alkyl halides is 1. The van der Waals surface area contributed by atoms with Crippen LogP contribution in [0.2, 0.25) is 0 Å². The molecule has 0 aromatic heterocycles. The van der Waals surface area contributed by atoms with Gasteiger partial charge in [-0.15, -0.1) is 0 Å². The molecular formula is C16H23BrO. The molecule has 1 aliphatic rings. The highest BCUT2D eigenvalue weighted by atomic mass is 79.9. The predicted octanol–water partition coefficient (Wildman–Crippen LogP) is 5.02. The monoisotopic (exact) mass is 310 g/mol. The van der Waals surface area contributed by atoms with Crippen molar-refractivity contribution in [3.8, 4) is 5.75 Å². The number of rotatable bonds is 4. The fourth-order valence-electron chi connectivity index (χ4n) is 3.10. The third-order valence-electron chi connectivity index (χ3n) is 4.60. The van der Waals surface area contributed by atoms with E-state index < -0.39 is 0 Å². The fourth-order valence-corrected chi connectivity index (χ4v) is 4.38. The number of aryl methyl sites for hydroxylation is 2. The molecule has 0 amide bonds. The Kier molecular flexibility index (Phi) is 4.05. The highest BCUT2D eigenvalue weighted by Crippen LogP contribution is 2.52.